The number of pyridine rings is 1. The molecule has 7 nitrogen and oxygen atoms in total. The Morgan fingerprint density at radius 1 is 1.15 bits per heavy atom. The second kappa shape index (κ2) is 10.3. The number of rotatable bonds is 4. The van der Waals surface area contributed by atoms with Crippen LogP contribution in [0.1, 0.15) is 37.4 Å². The average molecular weight is 484 g/mol. The van der Waals surface area contributed by atoms with E-state index < -0.39 is 11.7 Å². The van der Waals surface area contributed by atoms with Crippen LogP contribution in [-0.4, -0.2) is 48.0 Å². The zero-order valence-electron chi connectivity index (χ0n) is 18.2. The van der Waals surface area contributed by atoms with Crippen molar-refractivity contribution in [3.63, 3.8) is 0 Å². The minimum atomic E-state index is -4.51. The van der Waals surface area contributed by atoms with Crippen molar-refractivity contribution in [1.82, 2.24) is 15.2 Å². The predicted molar refractivity (Wildman–Crippen MR) is 120 cm³/mol. The lowest BCUT2D eigenvalue weighted by Crippen LogP contribution is -2.43. The summed E-state index contributed by atoms with van der Waals surface area (Å²) in [6.07, 6.45) is -3.13. The third-order valence-corrected chi connectivity index (χ3v) is 5.56. The molecule has 0 spiro atoms. The molecule has 1 aromatic carbocycles. The van der Waals surface area contributed by atoms with Crippen LogP contribution in [0.2, 0.25) is 5.02 Å². The Morgan fingerprint density at radius 2 is 1.91 bits per heavy atom. The van der Waals surface area contributed by atoms with Crippen molar-refractivity contribution in [2.24, 2.45) is 0 Å². The van der Waals surface area contributed by atoms with Crippen molar-refractivity contribution in [2.45, 2.75) is 32.5 Å². The van der Waals surface area contributed by atoms with Gasteiger partial charge in [0, 0.05) is 45.0 Å². The Balaban J connectivity index is 1.61. The molecule has 1 aromatic heterocycles. The van der Waals surface area contributed by atoms with Crippen molar-refractivity contribution in [3.8, 4) is 0 Å². The molecule has 11 heteroatoms. The largest absolute Gasteiger partial charge is 0.417 e. The normalized spacial score (nSPS) is 15.6. The van der Waals surface area contributed by atoms with E-state index >= 15 is 0 Å². The van der Waals surface area contributed by atoms with Crippen molar-refractivity contribution < 1.29 is 22.8 Å². The molecule has 0 saturated carbocycles. The maximum atomic E-state index is 12.9. The van der Waals surface area contributed by atoms with Gasteiger partial charge in [-0.15, -0.1) is 0 Å². The molecule has 2 N–H and O–H groups in total. The fourth-order valence-corrected chi connectivity index (χ4v) is 3.89. The summed E-state index contributed by atoms with van der Waals surface area (Å²) in [5.41, 5.74) is 0.586. The number of urea groups is 1. The lowest BCUT2D eigenvalue weighted by molar-refractivity contribution is -0.137. The molecule has 2 aromatic rings. The molecular formula is C22H25ClF3N5O2. The molecule has 0 radical (unpaired) electrons. The summed E-state index contributed by atoms with van der Waals surface area (Å²) >= 11 is 6.08. The van der Waals surface area contributed by atoms with E-state index in [1.54, 1.807) is 28.0 Å². The van der Waals surface area contributed by atoms with E-state index in [4.69, 9.17) is 11.6 Å². The molecule has 33 heavy (non-hydrogen) atoms. The Bertz CT molecular complexity index is 1020. The van der Waals surface area contributed by atoms with Crippen LogP contribution in [0.15, 0.2) is 36.5 Å². The number of halogens is 4. The molecule has 3 amide bonds. The van der Waals surface area contributed by atoms with Gasteiger partial charge in [-0.05, 0) is 37.1 Å². The minimum absolute atomic E-state index is 0.0737. The van der Waals surface area contributed by atoms with Gasteiger partial charge >= 0.3 is 12.2 Å². The first-order chi connectivity index (χ1) is 15.5. The van der Waals surface area contributed by atoms with Crippen molar-refractivity contribution >= 4 is 35.0 Å². The van der Waals surface area contributed by atoms with Crippen LogP contribution in [0.25, 0.3) is 0 Å². The highest BCUT2D eigenvalue weighted by Crippen LogP contribution is 2.33. The fourth-order valence-electron chi connectivity index (χ4n) is 3.60. The lowest BCUT2D eigenvalue weighted by atomic mass is 10.1. The zero-order chi connectivity index (χ0) is 24.2. The molecule has 1 atom stereocenters. The van der Waals surface area contributed by atoms with Gasteiger partial charge in [0.15, 0.2) is 0 Å². The molecule has 3 rings (SSSR count). The summed E-state index contributed by atoms with van der Waals surface area (Å²) in [6.45, 7) is 5.02. The zero-order valence-corrected chi connectivity index (χ0v) is 19.0. The van der Waals surface area contributed by atoms with Gasteiger partial charge in [0.25, 0.3) is 0 Å². The van der Waals surface area contributed by atoms with E-state index in [1.165, 1.54) is 6.92 Å². The van der Waals surface area contributed by atoms with Gasteiger partial charge in [-0.1, -0.05) is 23.7 Å². The molecule has 2 heterocycles. The van der Waals surface area contributed by atoms with Crippen LogP contribution < -0.4 is 15.5 Å². The van der Waals surface area contributed by atoms with Gasteiger partial charge in [0.05, 0.1) is 16.6 Å². The van der Waals surface area contributed by atoms with Crippen molar-refractivity contribution in [3.05, 3.63) is 52.7 Å². The van der Waals surface area contributed by atoms with Crippen LogP contribution in [0.5, 0.6) is 0 Å². The Morgan fingerprint density at radius 3 is 2.58 bits per heavy atom. The quantitative estimate of drug-likeness (QED) is 0.661. The molecule has 1 saturated heterocycles. The van der Waals surface area contributed by atoms with Gasteiger partial charge in [-0.3, -0.25) is 4.79 Å². The number of aromatic nitrogens is 1. The summed E-state index contributed by atoms with van der Waals surface area (Å²) in [6, 6.07) is 7.55. The van der Waals surface area contributed by atoms with Crippen LogP contribution in [-0.2, 0) is 11.0 Å². The molecule has 0 aliphatic carbocycles. The molecule has 178 valence electrons. The Kier molecular flexibility index (Phi) is 7.68. The number of nitrogens with zero attached hydrogens (tertiary/aromatic N) is 3. The van der Waals surface area contributed by atoms with Gasteiger partial charge in [0.2, 0.25) is 5.91 Å². The highest BCUT2D eigenvalue weighted by molar-refractivity contribution is 6.33. The van der Waals surface area contributed by atoms with Gasteiger partial charge in [-0.25, -0.2) is 9.78 Å². The van der Waals surface area contributed by atoms with E-state index in [1.807, 2.05) is 13.0 Å². The van der Waals surface area contributed by atoms with Crippen LogP contribution >= 0.6 is 11.6 Å². The third-order valence-electron chi connectivity index (χ3n) is 5.28. The van der Waals surface area contributed by atoms with E-state index in [0.29, 0.717) is 38.3 Å². The number of nitrogens with one attached hydrogen (secondary N) is 2. The molecule has 0 unspecified atom stereocenters. The van der Waals surface area contributed by atoms with Gasteiger partial charge < -0.3 is 20.4 Å². The standard InChI is InChI=1S/C22H25ClF3N5O2/c1-14(16-5-3-6-18(11-16)29-15(2)32)28-21(33)31-8-4-7-30(9-10-31)20-19(23)12-17(13-27-20)22(24,25)26/h3,5-6,11-14H,4,7-10H2,1-2H3,(H,28,33)(H,29,32)/t14-/m0/s1. The smallest absolute Gasteiger partial charge is 0.354 e. The van der Waals surface area contributed by atoms with E-state index in [2.05, 4.69) is 15.6 Å². The summed E-state index contributed by atoms with van der Waals surface area (Å²) in [4.78, 5) is 31.5. The topological polar surface area (TPSA) is 77.6 Å². The molecular weight excluding hydrogens is 459 g/mol. The Labute approximate surface area is 194 Å². The fraction of sp³-hybridized carbons (Fsp3) is 0.409. The number of hydrogen-bond donors (Lipinski definition) is 2. The van der Waals surface area contributed by atoms with E-state index in [9.17, 15) is 22.8 Å². The van der Waals surface area contributed by atoms with E-state index in [0.717, 1.165) is 17.8 Å². The van der Waals surface area contributed by atoms with Crippen LogP contribution in [0, 0.1) is 0 Å². The summed E-state index contributed by atoms with van der Waals surface area (Å²) in [7, 11) is 0. The maximum Gasteiger partial charge on any atom is 0.417 e. The summed E-state index contributed by atoms with van der Waals surface area (Å²) < 4.78 is 38.6. The van der Waals surface area contributed by atoms with Gasteiger partial charge in [0.1, 0.15) is 5.82 Å². The SMILES string of the molecule is CC(=O)Nc1cccc([C@H](C)NC(=O)N2CCCN(c3ncc(C(F)(F)F)cc3Cl)CC2)c1. The number of hydrogen-bond acceptors (Lipinski definition) is 4. The average Bonchev–Trinajstić information content (AvgIpc) is 2.99. The lowest BCUT2D eigenvalue weighted by Gasteiger charge is -2.25. The van der Waals surface area contributed by atoms with Crippen LogP contribution in [0.4, 0.5) is 29.5 Å². The number of carbonyl (C=O) groups excluding carboxylic acids is 2. The predicted octanol–water partition coefficient (Wildman–Crippen LogP) is 4.70. The number of benzene rings is 1. The van der Waals surface area contributed by atoms with Crippen molar-refractivity contribution in [2.75, 3.05) is 36.4 Å². The number of alkyl halides is 3. The third kappa shape index (κ3) is 6.50. The Hall–Kier alpha value is -3.01. The molecule has 0 bridgehead atoms. The molecule has 1 fully saturated rings. The molecule has 1 aliphatic rings. The first kappa shape index (κ1) is 24.6. The number of amides is 3. The second-order valence-corrected chi connectivity index (χ2v) is 8.24. The first-order valence-electron chi connectivity index (χ1n) is 10.5. The van der Waals surface area contributed by atoms with Crippen LogP contribution in [0.3, 0.4) is 0 Å². The van der Waals surface area contributed by atoms with Crippen molar-refractivity contribution in [1.29, 1.82) is 0 Å². The van der Waals surface area contributed by atoms with Gasteiger partial charge in [-0.2, -0.15) is 13.2 Å². The first-order valence-corrected chi connectivity index (χ1v) is 10.8. The second-order valence-electron chi connectivity index (χ2n) is 7.83. The summed E-state index contributed by atoms with van der Waals surface area (Å²) in [5.74, 6) is 0.0932. The number of carbonyl (C=O) groups is 2. The molecule has 1 aliphatic heterocycles. The monoisotopic (exact) mass is 483 g/mol. The van der Waals surface area contributed by atoms with E-state index in [-0.39, 0.29) is 28.8 Å². The summed E-state index contributed by atoms with van der Waals surface area (Å²) in [5, 5.41) is 5.59. The minimum Gasteiger partial charge on any atom is -0.354 e. The highest BCUT2D eigenvalue weighted by atomic mass is 35.5. The maximum absolute atomic E-state index is 12.9. The highest BCUT2D eigenvalue weighted by Gasteiger charge is 2.32. The number of anilines is 2.